The average molecular weight is 336 g/mol. The van der Waals surface area contributed by atoms with Crippen molar-refractivity contribution in [3.63, 3.8) is 0 Å². The summed E-state index contributed by atoms with van der Waals surface area (Å²) in [6.45, 7) is 0.853. The zero-order valence-corrected chi connectivity index (χ0v) is 12.5. The molecule has 1 fully saturated rings. The second-order valence-corrected chi connectivity index (χ2v) is 5.82. The molecule has 2 nitrogen and oxygen atoms in total. The van der Waals surface area contributed by atoms with Crippen LogP contribution in [0.3, 0.4) is 0 Å². The molecule has 0 atom stereocenters. The third-order valence-corrected chi connectivity index (χ3v) is 3.95. The maximum absolute atomic E-state index is 13.1. The Kier molecular flexibility index (Phi) is 4.03. The fraction of sp³-hybridized carbons (Fsp3) is 0.250. The smallest absolute Gasteiger partial charge is 0.130 e. The van der Waals surface area contributed by atoms with E-state index < -0.39 is 0 Å². The fourth-order valence-corrected chi connectivity index (χ4v) is 2.44. The topological polar surface area (TPSA) is 21.3 Å². The fourth-order valence-electron chi connectivity index (χ4n) is 1.94. The van der Waals surface area contributed by atoms with Gasteiger partial charge in [-0.05, 0) is 42.7 Å². The van der Waals surface area contributed by atoms with Crippen molar-refractivity contribution in [2.75, 3.05) is 0 Å². The molecular formula is C16H15BrFNO. The van der Waals surface area contributed by atoms with Gasteiger partial charge in [-0.2, -0.15) is 0 Å². The first-order valence-electron chi connectivity index (χ1n) is 6.66. The highest BCUT2D eigenvalue weighted by Crippen LogP contribution is 2.28. The molecule has 2 aromatic rings. The van der Waals surface area contributed by atoms with Crippen molar-refractivity contribution in [2.45, 2.75) is 25.4 Å². The molecule has 20 heavy (non-hydrogen) atoms. The molecular weight excluding hydrogens is 321 g/mol. The summed E-state index contributed by atoms with van der Waals surface area (Å²) in [4.78, 5) is 0. The molecule has 0 radical (unpaired) electrons. The van der Waals surface area contributed by atoms with Gasteiger partial charge in [-0.15, -0.1) is 0 Å². The van der Waals surface area contributed by atoms with E-state index in [1.165, 1.54) is 30.5 Å². The maximum atomic E-state index is 13.1. The number of nitrogens with one attached hydrogen (secondary N) is 1. The summed E-state index contributed by atoms with van der Waals surface area (Å²) in [6, 6.07) is 12.7. The van der Waals surface area contributed by atoms with Crippen molar-refractivity contribution in [3.05, 3.63) is 58.3 Å². The third kappa shape index (κ3) is 3.58. The molecule has 0 spiro atoms. The van der Waals surface area contributed by atoms with E-state index in [0.29, 0.717) is 17.5 Å². The van der Waals surface area contributed by atoms with Crippen LogP contribution in [0.1, 0.15) is 18.4 Å². The second-order valence-electron chi connectivity index (χ2n) is 4.97. The van der Waals surface area contributed by atoms with Crippen LogP contribution >= 0.6 is 15.9 Å². The van der Waals surface area contributed by atoms with Crippen LogP contribution in [-0.4, -0.2) is 6.04 Å². The maximum Gasteiger partial charge on any atom is 0.130 e. The van der Waals surface area contributed by atoms with Crippen LogP contribution in [0.25, 0.3) is 0 Å². The van der Waals surface area contributed by atoms with E-state index in [1.54, 1.807) is 12.1 Å². The monoisotopic (exact) mass is 335 g/mol. The van der Waals surface area contributed by atoms with Gasteiger partial charge in [0.2, 0.25) is 0 Å². The largest absolute Gasteiger partial charge is 0.457 e. The molecule has 0 aliphatic heterocycles. The highest BCUT2D eigenvalue weighted by molar-refractivity contribution is 9.10. The first kappa shape index (κ1) is 13.6. The number of ether oxygens (including phenoxy) is 1. The summed E-state index contributed by atoms with van der Waals surface area (Å²) >= 11 is 3.55. The van der Waals surface area contributed by atoms with E-state index in [4.69, 9.17) is 4.74 Å². The number of halogens is 2. The van der Waals surface area contributed by atoms with Crippen LogP contribution in [0.4, 0.5) is 4.39 Å². The van der Waals surface area contributed by atoms with Gasteiger partial charge >= 0.3 is 0 Å². The van der Waals surface area contributed by atoms with Crippen molar-refractivity contribution in [1.29, 1.82) is 0 Å². The Bertz CT molecular complexity index is 613. The number of rotatable bonds is 5. The van der Waals surface area contributed by atoms with E-state index in [2.05, 4.69) is 21.2 Å². The van der Waals surface area contributed by atoms with Gasteiger partial charge in [0.1, 0.15) is 17.3 Å². The summed E-state index contributed by atoms with van der Waals surface area (Å²) in [5.41, 5.74) is 1.20. The highest BCUT2D eigenvalue weighted by atomic mass is 79.9. The molecule has 1 saturated carbocycles. The van der Waals surface area contributed by atoms with Crippen molar-refractivity contribution >= 4 is 15.9 Å². The van der Waals surface area contributed by atoms with Gasteiger partial charge in [0.25, 0.3) is 0 Å². The van der Waals surface area contributed by atoms with Crippen LogP contribution in [0, 0.1) is 5.82 Å². The zero-order valence-electron chi connectivity index (χ0n) is 10.9. The van der Waals surface area contributed by atoms with Gasteiger partial charge in [0, 0.05) is 23.1 Å². The minimum atomic E-state index is -0.299. The number of hydrogen-bond acceptors (Lipinski definition) is 2. The van der Waals surface area contributed by atoms with Crippen LogP contribution in [-0.2, 0) is 6.54 Å². The average Bonchev–Trinajstić information content (AvgIpc) is 3.22. The van der Waals surface area contributed by atoms with E-state index in [0.717, 1.165) is 11.0 Å². The molecule has 104 valence electrons. The Hall–Kier alpha value is -1.39. The molecule has 0 aromatic heterocycles. The van der Waals surface area contributed by atoms with Gasteiger partial charge in [0.15, 0.2) is 0 Å². The molecule has 1 aliphatic rings. The SMILES string of the molecule is Fc1cccc(Oc2ccc(CNC3CC3)c(Br)c2)c1. The summed E-state index contributed by atoms with van der Waals surface area (Å²) in [5.74, 6) is 0.894. The molecule has 3 rings (SSSR count). The molecule has 0 bridgehead atoms. The standard InChI is InChI=1S/C16H15BrFNO/c17-16-9-15(20-14-3-1-2-12(18)8-14)7-4-11(16)10-19-13-5-6-13/h1-4,7-9,13,19H,5-6,10H2. The van der Waals surface area contributed by atoms with Crippen molar-refractivity contribution in [2.24, 2.45) is 0 Å². The van der Waals surface area contributed by atoms with Crippen LogP contribution < -0.4 is 10.1 Å². The van der Waals surface area contributed by atoms with Gasteiger partial charge in [-0.3, -0.25) is 0 Å². The molecule has 0 amide bonds. The molecule has 0 saturated heterocycles. The van der Waals surface area contributed by atoms with Crippen molar-refractivity contribution in [3.8, 4) is 11.5 Å². The molecule has 1 N–H and O–H groups in total. The summed E-state index contributed by atoms with van der Waals surface area (Å²) < 4.78 is 19.7. The zero-order chi connectivity index (χ0) is 13.9. The summed E-state index contributed by atoms with van der Waals surface area (Å²) in [5, 5.41) is 3.47. The van der Waals surface area contributed by atoms with Gasteiger partial charge < -0.3 is 10.1 Å². The Balaban J connectivity index is 1.69. The summed E-state index contributed by atoms with van der Waals surface area (Å²) in [7, 11) is 0. The van der Waals surface area contributed by atoms with E-state index >= 15 is 0 Å². The second kappa shape index (κ2) is 5.94. The molecule has 0 unspecified atom stereocenters. The number of benzene rings is 2. The van der Waals surface area contributed by atoms with E-state index in [1.807, 2.05) is 18.2 Å². The lowest BCUT2D eigenvalue weighted by atomic mass is 10.2. The van der Waals surface area contributed by atoms with Gasteiger partial charge in [0.05, 0.1) is 0 Å². The van der Waals surface area contributed by atoms with Gasteiger partial charge in [-0.1, -0.05) is 28.1 Å². The minimum absolute atomic E-state index is 0.299. The lowest BCUT2D eigenvalue weighted by molar-refractivity contribution is 0.476. The van der Waals surface area contributed by atoms with Crippen LogP contribution in [0.5, 0.6) is 11.5 Å². The lowest BCUT2D eigenvalue weighted by Gasteiger charge is -2.10. The Morgan fingerprint density at radius 3 is 2.65 bits per heavy atom. The molecule has 2 aromatic carbocycles. The van der Waals surface area contributed by atoms with Crippen LogP contribution in [0.2, 0.25) is 0 Å². The highest BCUT2D eigenvalue weighted by Gasteiger charge is 2.20. The molecule has 1 aliphatic carbocycles. The predicted molar refractivity (Wildman–Crippen MR) is 80.5 cm³/mol. The normalized spacial score (nSPS) is 14.3. The predicted octanol–water partition coefficient (Wildman–Crippen LogP) is 4.63. The quantitative estimate of drug-likeness (QED) is 0.859. The summed E-state index contributed by atoms with van der Waals surface area (Å²) in [6.07, 6.45) is 2.55. The Morgan fingerprint density at radius 1 is 1.15 bits per heavy atom. The lowest BCUT2D eigenvalue weighted by Crippen LogP contribution is -2.15. The van der Waals surface area contributed by atoms with Crippen molar-refractivity contribution in [1.82, 2.24) is 5.32 Å². The first-order chi connectivity index (χ1) is 9.70. The number of hydrogen-bond donors (Lipinski definition) is 1. The molecule has 4 heteroatoms. The van der Waals surface area contributed by atoms with Crippen LogP contribution in [0.15, 0.2) is 46.9 Å². The van der Waals surface area contributed by atoms with E-state index in [9.17, 15) is 4.39 Å². The van der Waals surface area contributed by atoms with Gasteiger partial charge in [-0.25, -0.2) is 4.39 Å². The Labute approximate surface area is 126 Å². The van der Waals surface area contributed by atoms with E-state index in [-0.39, 0.29) is 5.82 Å². The van der Waals surface area contributed by atoms with Crippen molar-refractivity contribution < 1.29 is 9.13 Å². The molecule has 0 heterocycles. The minimum Gasteiger partial charge on any atom is -0.457 e. The third-order valence-electron chi connectivity index (χ3n) is 3.21. The Morgan fingerprint density at radius 2 is 1.95 bits per heavy atom. The first-order valence-corrected chi connectivity index (χ1v) is 7.45.